The van der Waals surface area contributed by atoms with E-state index in [4.69, 9.17) is 24.2 Å². The average molecular weight is 833 g/mol. The van der Waals surface area contributed by atoms with E-state index in [-0.39, 0.29) is 30.9 Å². The summed E-state index contributed by atoms with van der Waals surface area (Å²) in [6.07, 6.45) is 0.530. The van der Waals surface area contributed by atoms with Crippen LogP contribution in [-0.2, 0) is 35.6 Å². The van der Waals surface area contributed by atoms with Crippen LogP contribution in [0.3, 0.4) is 0 Å². The molecule has 18 heteroatoms. The minimum Gasteiger partial charge on any atom is -0.497 e. The molecule has 0 radical (unpaired) electrons. The number of ether oxygens (including phenoxy) is 3. The van der Waals surface area contributed by atoms with Gasteiger partial charge in [0, 0.05) is 12.5 Å². The first-order valence-electron chi connectivity index (χ1n) is 20.3. The molecule has 1 saturated heterocycles. The minimum absolute atomic E-state index is 0.144. The number of aromatic nitrogens is 2. The summed E-state index contributed by atoms with van der Waals surface area (Å²) in [6.45, 7) is 7.21. The molecule has 1 aromatic carbocycles. The van der Waals surface area contributed by atoms with E-state index in [1.165, 1.54) is 12.0 Å². The van der Waals surface area contributed by atoms with Crippen LogP contribution in [0.5, 0.6) is 11.6 Å². The number of halogens is 2. The zero-order chi connectivity index (χ0) is 41.7. The van der Waals surface area contributed by atoms with E-state index in [0.29, 0.717) is 54.1 Å². The molecule has 3 saturated carbocycles. The Morgan fingerprint density at radius 3 is 2.47 bits per heavy atom. The highest BCUT2D eigenvalue weighted by Gasteiger charge is 2.67. The Hall–Kier alpha value is -4.35. The normalized spacial score (nSPS) is 30.9. The fourth-order valence-corrected chi connectivity index (χ4v) is 10.2. The lowest BCUT2D eigenvalue weighted by Gasteiger charge is -2.35. The summed E-state index contributed by atoms with van der Waals surface area (Å²) < 4.78 is 73.7. The molecule has 3 aliphatic carbocycles. The van der Waals surface area contributed by atoms with Crippen molar-refractivity contribution in [3.05, 3.63) is 23.9 Å². The molecule has 2 aliphatic heterocycles. The summed E-state index contributed by atoms with van der Waals surface area (Å²) in [5.74, 6) is -3.24. The molecule has 318 valence electrons. The van der Waals surface area contributed by atoms with Crippen molar-refractivity contribution < 1.29 is 50.6 Å². The number of hydrogen-bond donors (Lipinski definition) is 3. The quantitative estimate of drug-likeness (QED) is 0.358. The maximum atomic E-state index is 14.7. The molecule has 8 atom stereocenters. The number of fused-ring (bicyclic) bond motifs is 5. The van der Waals surface area contributed by atoms with Gasteiger partial charge >= 0.3 is 6.09 Å². The second-order valence-electron chi connectivity index (χ2n) is 17.9. The summed E-state index contributed by atoms with van der Waals surface area (Å²) in [5.41, 5.74) is -1.41. The number of methoxy groups -OCH3 is 1. The zero-order valence-electron chi connectivity index (χ0n) is 33.6. The Bertz CT molecular complexity index is 2050. The molecule has 58 heavy (non-hydrogen) atoms. The molecule has 2 aromatic rings. The number of rotatable bonds is 7. The molecule has 2 bridgehead atoms. The Morgan fingerprint density at radius 1 is 1.03 bits per heavy atom. The lowest BCUT2D eigenvalue weighted by molar-refractivity contribution is -0.143. The molecular formula is C40H54F2N6O9S. The summed E-state index contributed by atoms with van der Waals surface area (Å²) in [7, 11) is -2.60. The summed E-state index contributed by atoms with van der Waals surface area (Å²) in [6, 6.07) is 2.73. The number of nitrogens with zero attached hydrogens (tertiary/aromatic N) is 3. The lowest BCUT2D eigenvalue weighted by Crippen LogP contribution is -2.60. The number of sulfonamides is 1. The number of carbonyl (C=O) groups excluding carboxylic acids is 4. The maximum absolute atomic E-state index is 14.7. The Kier molecular flexibility index (Phi) is 11.5. The number of alkyl halides is 2. The van der Waals surface area contributed by atoms with Crippen LogP contribution in [0.25, 0.3) is 11.0 Å². The Labute approximate surface area is 337 Å². The largest absolute Gasteiger partial charge is 0.497 e. The number of amides is 4. The third kappa shape index (κ3) is 8.81. The van der Waals surface area contributed by atoms with Gasteiger partial charge in [-0.15, -0.1) is 0 Å². The predicted molar refractivity (Wildman–Crippen MR) is 206 cm³/mol. The molecule has 15 nitrogen and oxygen atoms in total. The van der Waals surface area contributed by atoms with Gasteiger partial charge in [0.15, 0.2) is 0 Å². The second-order valence-corrected chi connectivity index (χ2v) is 19.9. The van der Waals surface area contributed by atoms with Gasteiger partial charge in [0.25, 0.3) is 5.91 Å². The van der Waals surface area contributed by atoms with E-state index >= 15 is 0 Å². The fraction of sp³-hybridized carbons (Fsp3) is 0.700. The highest BCUT2D eigenvalue weighted by Crippen LogP contribution is 2.48. The molecule has 3 heterocycles. The van der Waals surface area contributed by atoms with Gasteiger partial charge in [-0.25, -0.2) is 32.0 Å². The van der Waals surface area contributed by atoms with Gasteiger partial charge in [-0.1, -0.05) is 40.5 Å². The van der Waals surface area contributed by atoms with Crippen LogP contribution in [-0.4, -0.2) is 102 Å². The van der Waals surface area contributed by atoms with Gasteiger partial charge < -0.3 is 29.7 Å². The van der Waals surface area contributed by atoms with Gasteiger partial charge in [0.05, 0.1) is 35.9 Å². The van der Waals surface area contributed by atoms with Crippen molar-refractivity contribution in [2.24, 2.45) is 23.2 Å². The highest BCUT2D eigenvalue weighted by atomic mass is 32.2. The molecule has 4 fully saturated rings. The first kappa shape index (κ1) is 41.8. The number of aryl methyl sites for hydroxylation is 1. The van der Waals surface area contributed by atoms with Crippen molar-refractivity contribution >= 4 is 44.9 Å². The van der Waals surface area contributed by atoms with Crippen LogP contribution in [0.1, 0.15) is 97.6 Å². The molecule has 5 aliphatic rings. The van der Waals surface area contributed by atoms with E-state index in [2.05, 4.69) is 17.6 Å². The number of nitrogens with one attached hydrogen (secondary N) is 3. The van der Waals surface area contributed by atoms with Crippen LogP contribution < -0.4 is 24.8 Å². The molecule has 1 aromatic heterocycles. The molecular weight excluding hydrogens is 779 g/mol. The smallest absolute Gasteiger partial charge is 0.408 e. The third-order valence-electron chi connectivity index (χ3n) is 12.3. The third-order valence-corrected chi connectivity index (χ3v) is 14.1. The fourth-order valence-electron chi connectivity index (χ4n) is 8.79. The van der Waals surface area contributed by atoms with Crippen molar-refractivity contribution in [2.45, 2.75) is 140 Å². The zero-order valence-corrected chi connectivity index (χ0v) is 34.4. The van der Waals surface area contributed by atoms with E-state index in [1.54, 1.807) is 39.0 Å². The standard InChI is InChI=1S/C40H54F2N6O9S/c1-21-15-22-9-7-6-8-10-28-35(44-29-17-23(55-5)11-14-27(29)43-28)56-24-18-30(48(20-24)36(50)32(39(2,3)4)45-38(52)57-31(22)16-21)34(49)46-40(19-26(40)33(41)42)37(51)47-58(53,54)25-12-13-25/h11,14,17,21-22,24-26,30-33H,6-10,12-13,15-16,18-20H2,1-5H3,(H,45,52)(H,46,49)(H,47,51)/t21-,22-,24-,26+,30+,31-,32-,40-/m1/s1. The van der Waals surface area contributed by atoms with Crippen LogP contribution in [0.15, 0.2) is 18.2 Å². The number of carbonyl (C=O) groups is 4. The minimum atomic E-state index is -4.14. The second kappa shape index (κ2) is 16.0. The average Bonchev–Trinajstić information content (AvgIpc) is 4.06. The van der Waals surface area contributed by atoms with Gasteiger partial charge in [-0.05, 0) is 80.8 Å². The molecule has 0 spiro atoms. The molecule has 0 unspecified atom stereocenters. The molecule has 3 N–H and O–H groups in total. The van der Waals surface area contributed by atoms with Crippen molar-refractivity contribution in [1.82, 2.24) is 30.2 Å². The summed E-state index contributed by atoms with van der Waals surface area (Å²) in [4.78, 5) is 67.1. The lowest BCUT2D eigenvalue weighted by atomic mass is 9.85. The molecule has 4 amide bonds. The van der Waals surface area contributed by atoms with Crippen molar-refractivity contribution in [3.63, 3.8) is 0 Å². The first-order chi connectivity index (χ1) is 27.4. The van der Waals surface area contributed by atoms with Crippen LogP contribution >= 0.6 is 0 Å². The SMILES string of the molecule is COc1ccc2nc3c(nc2c1)O[C@@H]1C[C@@H](C(=O)N[C@]2(C(=O)NS(=O)(=O)C4CC4)C[C@H]2C(F)F)N(C1)C(=O)[C@H](C(C)(C)C)NC(=O)O[C@@H]1C[C@H](C)C[C@H]1CCCCC3. The van der Waals surface area contributed by atoms with Gasteiger partial charge in [-0.2, -0.15) is 0 Å². The predicted octanol–water partition coefficient (Wildman–Crippen LogP) is 4.41. The Balaban J connectivity index is 1.23. The van der Waals surface area contributed by atoms with Gasteiger partial charge in [0.1, 0.15) is 41.3 Å². The monoisotopic (exact) mass is 832 g/mol. The van der Waals surface area contributed by atoms with Crippen molar-refractivity contribution in [2.75, 3.05) is 13.7 Å². The van der Waals surface area contributed by atoms with Gasteiger partial charge in [-0.3, -0.25) is 19.1 Å². The van der Waals surface area contributed by atoms with E-state index < -0.39 is 87.0 Å². The molecule has 7 rings (SSSR count). The number of hydrogen-bond acceptors (Lipinski definition) is 11. The van der Waals surface area contributed by atoms with E-state index in [9.17, 15) is 36.4 Å². The highest BCUT2D eigenvalue weighted by molar-refractivity contribution is 7.91. The summed E-state index contributed by atoms with van der Waals surface area (Å²) >= 11 is 0. The van der Waals surface area contributed by atoms with Gasteiger partial charge in [0.2, 0.25) is 34.1 Å². The van der Waals surface area contributed by atoms with E-state index in [1.807, 2.05) is 4.72 Å². The van der Waals surface area contributed by atoms with Crippen LogP contribution in [0.2, 0.25) is 0 Å². The number of benzene rings is 1. The topological polar surface area (TPSA) is 195 Å². The number of alkyl carbamates (subject to hydrolysis) is 1. The first-order valence-corrected chi connectivity index (χ1v) is 21.9. The Morgan fingerprint density at radius 2 is 1.79 bits per heavy atom. The van der Waals surface area contributed by atoms with Crippen LogP contribution in [0, 0.1) is 23.2 Å². The van der Waals surface area contributed by atoms with E-state index in [0.717, 1.165) is 32.1 Å². The van der Waals surface area contributed by atoms with Crippen molar-refractivity contribution in [1.29, 1.82) is 0 Å². The maximum Gasteiger partial charge on any atom is 0.408 e. The van der Waals surface area contributed by atoms with Crippen molar-refractivity contribution in [3.8, 4) is 11.6 Å². The summed E-state index contributed by atoms with van der Waals surface area (Å²) in [5, 5.41) is 4.42. The van der Waals surface area contributed by atoms with Crippen LogP contribution in [0.4, 0.5) is 13.6 Å².